The summed E-state index contributed by atoms with van der Waals surface area (Å²) in [5.41, 5.74) is 1.79. The van der Waals surface area contributed by atoms with Crippen LogP contribution >= 0.6 is 0 Å². The second-order valence-electron chi connectivity index (χ2n) is 6.22. The van der Waals surface area contributed by atoms with Gasteiger partial charge in [-0.05, 0) is 37.1 Å². The standard InChI is InChI=1S/C18H27N3O2/c1-4-6-17(22)20-11-5-12-21(14-13-20)18(23)15-7-9-16(10-8-15)19(2)3/h7-10H,4-6,11-14H2,1-3H3. The molecule has 1 aromatic carbocycles. The van der Waals surface area contributed by atoms with E-state index in [1.807, 2.05) is 60.0 Å². The lowest BCUT2D eigenvalue weighted by atomic mass is 10.1. The molecule has 2 amide bonds. The molecule has 5 nitrogen and oxygen atoms in total. The highest BCUT2D eigenvalue weighted by molar-refractivity contribution is 5.94. The first kappa shape index (κ1) is 17.3. The van der Waals surface area contributed by atoms with E-state index in [4.69, 9.17) is 0 Å². The molecule has 1 aliphatic heterocycles. The van der Waals surface area contributed by atoms with Gasteiger partial charge in [-0.2, -0.15) is 0 Å². The Morgan fingerprint density at radius 1 is 1.00 bits per heavy atom. The van der Waals surface area contributed by atoms with Gasteiger partial charge in [-0.15, -0.1) is 0 Å². The average molecular weight is 317 g/mol. The molecule has 126 valence electrons. The van der Waals surface area contributed by atoms with Crippen LogP contribution in [0.5, 0.6) is 0 Å². The SMILES string of the molecule is CCCC(=O)N1CCCN(C(=O)c2ccc(N(C)C)cc2)CC1. The van der Waals surface area contributed by atoms with Gasteiger partial charge in [0.15, 0.2) is 0 Å². The van der Waals surface area contributed by atoms with Crippen LogP contribution in [0.3, 0.4) is 0 Å². The lowest BCUT2D eigenvalue weighted by Crippen LogP contribution is -2.37. The molecule has 0 unspecified atom stereocenters. The van der Waals surface area contributed by atoms with Gasteiger partial charge in [-0.1, -0.05) is 6.92 Å². The van der Waals surface area contributed by atoms with Crippen molar-refractivity contribution < 1.29 is 9.59 Å². The van der Waals surface area contributed by atoms with Crippen LogP contribution in [0.2, 0.25) is 0 Å². The van der Waals surface area contributed by atoms with Gasteiger partial charge in [0.05, 0.1) is 0 Å². The molecule has 0 spiro atoms. The summed E-state index contributed by atoms with van der Waals surface area (Å²) in [4.78, 5) is 30.4. The fourth-order valence-corrected chi connectivity index (χ4v) is 2.83. The van der Waals surface area contributed by atoms with Gasteiger partial charge in [0.2, 0.25) is 5.91 Å². The molecule has 1 heterocycles. The van der Waals surface area contributed by atoms with Crippen LogP contribution in [-0.4, -0.2) is 61.9 Å². The Morgan fingerprint density at radius 3 is 2.22 bits per heavy atom. The van der Waals surface area contributed by atoms with E-state index in [0.29, 0.717) is 31.6 Å². The summed E-state index contributed by atoms with van der Waals surface area (Å²) in [7, 11) is 3.96. The van der Waals surface area contributed by atoms with Crippen molar-refractivity contribution >= 4 is 17.5 Å². The lowest BCUT2D eigenvalue weighted by molar-refractivity contribution is -0.131. The maximum Gasteiger partial charge on any atom is 0.253 e. The van der Waals surface area contributed by atoms with Crippen molar-refractivity contribution in [2.24, 2.45) is 0 Å². The minimum Gasteiger partial charge on any atom is -0.378 e. The molecule has 0 aliphatic carbocycles. The first-order chi connectivity index (χ1) is 11.0. The predicted octanol–water partition coefficient (Wildman–Crippen LogP) is 2.23. The van der Waals surface area contributed by atoms with Crippen molar-refractivity contribution in [3.05, 3.63) is 29.8 Å². The maximum absolute atomic E-state index is 12.6. The van der Waals surface area contributed by atoms with Gasteiger partial charge in [0, 0.05) is 57.9 Å². The largest absolute Gasteiger partial charge is 0.378 e. The molecule has 2 rings (SSSR count). The van der Waals surface area contributed by atoms with E-state index in [9.17, 15) is 9.59 Å². The summed E-state index contributed by atoms with van der Waals surface area (Å²) in [5, 5.41) is 0. The molecule has 0 atom stereocenters. The van der Waals surface area contributed by atoms with Crippen molar-refractivity contribution in [3.8, 4) is 0 Å². The highest BCUT2D eigenvalue weighted by Gasteiger charge is 2.22. The molecule has 0 radical (unpaired) electrons. The zero-order valence-corrected chi connectivity index (χ0v) is 14.4. The number of rotatable bonds is 4. The van der Waals surface area contributed by atoms with Crippen molar-refractivity contribution in [1.29, 1.82) is 0 Å². The van der Waals surface area contributed by atoms with Gasteiger partial charge in [-0.3, -0.25) is 9.59 Å². The Morgan fingerprint density at radius 2 is 1.61 bits per heavy atom. The van der Waals surface area contributed by atoms with Crippen LogP contribution in [0.1, 0.15) is 36.5 Å². The second-order valence-corrected chi connectivity index (χ2v) is 6.22. The van der Waals surface area contributed by atoms with E-state index < -0.39 is 0 Å². The monoisotopic (exact) mass is 317 g/mol. The maximum atomic E-state index is 12.6. The number of nitrogens with zero attached hydrogens (tertiary/aromatic N) is 3. The van der Waals surface area contributed by atoms with E-state index >= 15 is 0 Å². The van der Waals surface area contributed by atoms with Crippen LogP contribution in [-0.2, 0) is 4.79 Å². The average Bonchev–Trinajstić information content (AvgIpc) is 2.80. The highest BCUT2D eigenvalue weighted by atomic mass is 16.2. The molecule has 1 aliphatic rings. The quantitative estimate of drug-likeness (QED) is 0.855. The van der Waals surface area contributed by atoms with E-state index in [2.05, 4.69) is 0 Å². The number of carbonyl (C=O) groups excluding carboxylic acids is 2. The molecular weight excluding hydrogens is 290 g/mol. The summed E-state index contributed by atoms with van der Waals surface area (Å²) in [6.07, 6.45) is 2.31. The molecule has 0 saturated carbocycles. The Balaban J connectivity index is 1.98. The van der Waals surface area contributed by atoms with Crippen LogP contribution in [0.25, 0.3) is 0 Å². The van der Waals surface area contributed by atoms with Crippen molar-refractivity contribution in [3.63, 3.8) is 0 Å². The van der Waals surface area contributed by atoms with Gasteiger partial charge in [0.25, 0.3) is 5.91 Å². The molecule has 0 N–H and O–H groups in total. The summed E-state index contributed by atoms with van der Waals surface area (Å²) >= 11 is 0. The van der Waals surface area contributed by atoms with E-state index in [1.165, 1.54) is 0 Å². The normalized spacial score (nSPS) is 15.3. The minimum absolute atomic E-state index is 0.0556. The zero-order valence-electron chi connectivity index (χ0n) is 14.4. The summed E-state index contributed by atoms with van der Waals surface area (Å²) in [6, 6.07) is 7.68. The Hall–Kier alpha value is -2.04. The molecule has 23 heavy (non-hydrogen) atoms. The number of amides is 2. The fourth-order valence-electron chi connectivity index (χ4n) is 2.83. The highest BCUT2D eigenvalue weighted by Crippen LogP contribution is 2.15. The molecule has 1 saturated heterocycles. The summed E-state index contributed by atoms with van der Waals surface area (Å²) in [5.74, 6) is 0.261. The van der Waals surface area contributed by atoms with E-state index in [1.54, 1.807) is 0 Å². The minimum atomic E-state index is 0.0556. The number of carbonyl (C=O) groups is 2. The van der Waals surface area contributed by atoms with Crippen LogP contribution < -0.4 is 4.90 Å². The lowest BCUT2D eigenvalue weighted by Gasteiger charge is -2.22. The number of hydrogen-bond acceptors (Lipinski definition) is 3. The first-order valence-electron chi connectivity index (χ1n) is 8.37. The van der Waals surface area contributed by atoms with Crippen LogP contribution in [0, 0.1) is 0 Å². The molecule has 0 bridgehead atoms. The van der Waals surface area contributed by atoms with Crippen molar-refractivity contribution in [2.75, 3.05) is 45.2 Å². The van der Waals surface area contributed by atoms with Crippen molar-refractivity contribution in [1.82, 2.24) is 9.80 Å². The second kappa shape index (κ2) is 7.99. The third-order valence-corrected chi connectivity index (χ3v) is 4.23. The van der Waals surface area contributed by atoms with Gasteiger partial charge in [0.1, 0.15) is 0 Å². The van der Waals surface area contributed by atoms with E-state index in [-0.39, 0.29) is 11.8 Å². The van der Waals surface area contributed by atoms with Crippen LogP contribution in [0.15, 0.2) is 24.3 Å². The Kier molecular flexibility index (Phi) is 6.02. The number of anilines is 1. The van der Waals surface area contributed by atoms with Gasteiger partial charge in [-0.25, -0.2) is 0 Å². The summed E-state index contributed by atoms with van der Waals surface area (Å²) in [6.45, 7) is 4.74. The molecule has 1 aromatic rings. The molecule has 1 fully saturated rings. The third-order valence-electron chi connectivity index (χ3n) is 4.23. The predicted molar refractivity (Wildman–Crippen MR) is 92.8 cm³/mol. The number of hydrogen-bond donors (Lipinski definition) is 0. The summed E-state index contributed by atoms with van der Waals surface area (Å²) < 4.78 is 0. The molecule has 0 aromatic heterocycles. The fraction of sp³-hybridized carbons (Fsp3) is 0.556. The first-order valence-corrected chi connectivity index (χ1v) is 8.37. The molecular formula is C18H27N3O2. The van der Waals surface area contributed by atoms with Gasteiger partial charge < -0.3 is 14.7 Å². The zero-order chi connectivity index (χ0) is 16.8. The Labute approximate surface area is 138 Å². The van der Waals surface area contributed by atoms with Crippen LogP contribution in [0.4, 0.5) is 5.69 Å². The number of benzene rings is 1. The van der Waals surface area contributed by atoms with Gasteiger partial charge >= 0.3 is 0 Å². The third kappa shape index (κ3) is 4.47. The molecule has 5 heteroatoms. The van der Waals surface area contributed by atoms with E-state index in [0.717, 1.165) is 25.1 Å². The van der Waals surface area contributed by atoms with Crippen molar-refractivity contribution in [2.45, 2.75) is 26.2 Å². The topological polar surface area (TPSA) is 43.9 Å². The smallest absolute Gasteiger partial charge is 0.253 e. The Bertz CT molecular complexity index is 540.